The Labute approximate surface area is 175 Å². The van der Waals surface area contributed by atoms with Gasteiger partial charge in [-0.1, -0.05) is 6.07 Å². The summed E-state index contributed by atoms with van der Waals surface area (Å²) in [6, 6.07) is 10.3. The number of methoxy groups -OCH3 is 2. The van der Waals surface area contributed by atoms with E-state index in [2.05, 4.69) is 15.3 Å². The molecule has 3 rings (SSSR count). The number of allylic oxidation sites excluding steroid dienone is 1. The molecule has 31 heavy (non-hydrogen) atoms. The summed E-state index contributed by atoms with van der Waals surface area (Å²) < 4.78 is 23.9. The number of hydrogen-bond donors (Lipinski definition) is 3. The van der Waals surface area contributed by atoms with Crippen LogP contribution in [0.1, 0.15) is 21.5 Å². The fourth-order valence-corrected chi connectivity index (χ4v) is 3.11. The maximum absolute atomic E-state index is 13.6. The van der Waals surface area contributed by atoms with E-state index in [0.717, 1.165) is 6.07 Å². The molecule has 0 fully saturated rings. The van der Waals surface area contributed by atoms with Gasteiger partial charge in [0.05, 0.1) is 30.8 Å². The van der Waals surface area contributed by atoms with E-state index in [1.165, 1.54) is 26.4 Å². The average Bonchev–Trinajstić information content (AvgIpc) is 3.17. The fraction of sp³-hybridized carbons (Fsp3) is 0.143. The number of aromatic nitrogens is 2. The number of imidazole rings is 1. The lowest BCUT2D eigenvalue weighted by atomic mass is 10.0. The number of halogens is 1. The minimum atomic E-state index is -0.586. The standard InChI is InChI=1S/C21H16FN5O4/c1-30-16-6-4-13(22)7-15(16)20(28)25-10-11-3-5-14(18-17(11)26-21(29)27-18)19(31-2)12(8-23)9-24/h3-7H,10H2,1-2H3,(H,25,28)(H2,26,27,29). The Morgan fingerprint density at radius 1 is 1.10 bits per heavy atom. The van der Waals surface area contributed by atoms with Gasteiger partial charge in [-0.25, -0.2) is 9.18 Å². The highest BCUT2D eigenvalue weighted by Crippen LogP contribution is 2.27. The average molecular weight is 421 g/mol. The first-order valence-corrected chi connectivity index (χ1v) is 8.88. The number of rotatable bonds is 6. The Bertz CT molecular complexity index is 1320. The van der Waals surface area contributed by atoms with E-state index in [9.17, 15) is 14.0 Å². The second-order valence-electron chi connectivity index (χ2n) is 6.26. The maximum Gasteiger partial charge on any atom is 0.323 e. The van der Waals surface area contributed by atoms with Crippen molar-refractivity contribution in [3.63, 3.8) is 0 Å². The van der Waals surface area contributed by atoms with Gasteiger partial charge in [-0.2, -0.15) is 10.5 Å². The number of hydrogen-bond acceptors (Lipinski definition) is 6. The van der Waals surface area contributed by atoms with Crippen LogP contribution in [0.4, 0.5) is 4.39 Å². The highest BCUT2D eigenvalue weighted by Gasteiger charge is 2.18. The Kier molecular flexibility index (Phi) is 6.03. The van der Waals surface area contributed by atoms with Crippen molar-refractivity contribution in [2.45, 2.75) is 6.54 Å². The van der Waals surface area contributed by atoms with Gasteiger partial charge >= 0.3 is 5.69 Å². The Morgan fingerprint density at radius 2 is 1.81 bits per heavy atom. The number of fused-ring (bicyclic) bond motifs is 1. The molecular formula is C21H16FN5O4. The fourth-order valence-electron chi connectivity index (χ4n) is 3.11. The van der Waals surface area contributed by atoms with Crippen LogP contribution < -0.4 is 15.7 Å². The summed E-state index contributed by atoms with van der Waals surface area (Å²) in [7, 11) is 2.68. The van der Waals surface area contributed by atoms with Crippen LogP contribution in [0.3, 0.4) is 0 Å². The van der Waals surface area contributed by atoms with E-state index in [4.69, 9.17) is 20.0 Å². The van der Waals surface area contributed by atoms with Crippen LogP contribution >= 0.6 is 0 Å². The molecule has 0 aliphatic heterocycles. The lowest BCUT2D eigenvalue weighted by Crippen LogP contribution is -2.23. The second-order valence-corrected chi connectivity index (χ2v) is 6.26. The molecule has 3 N–H and O–H groups in total. The number of H-pyrrole nitrogens is 2. The van der Waals surface area contributed by atoms with Crippen molar-refractivity contribution in [2.75, 3.05) is 14.2 Å². The molecule has 0 saturated carbocycles. The monoisotopic (exact) mass is 421 g/mol. The predicted molar refractivity (Wildman–Crippen MR) is 108 cm³/mol. The van der Waals surface area contributed by atoms with E-state index < -0.39 is 17.4 Å². The summed E-state index contributed by atoms with van der Waals surface area (Å²) in [5.74, 6) is -0.937. The van der Waals surface area contributed by atoms with Crippen LogP contribution in [0.2, 0.25) is 0 Å². The highest BCUT2D eigenvalue weighted by molar-refractivity contribution is 5.97. The first kappa shape index (κ1) is 21.1. The number of nitrogens with one attached hydrogen (secondary N) is 3. The molecule has 156 valence electrons. The minimum absolute atomic E-state index is 0.00153. The zero-order valence-electron chi connectivity index (χ0n) is 16.5. The zero-order chi connectivity index (χ0) is 22.5. The number of ether oxygens (including phenoxy) is 2. The van der Waals surface area contributed by atoms with Crippen molar-refractivity contribution in [2.24, 2.45) is 0 Å². The largest absolute Gasteiger partial charge is 0.496 e. The number of nitrogens with zero attached hydrogens (tertiary/aromatic N) is 2. The quantitative estimate of drug-likeness (QED) is 0.412. The molecule has 1 aromatic heterocycles. The molecule has 2 aromatic carbocycles. The number of amides is 1. The molecule has 0 saturated heterocycles. The first-order chi connectivity index (χ1) is 14.9. The van der Waals surface area contributed by atoms with Gasteiger partial charge in [0.25, 0.3) is 5.91 Å². The molecule has 0 atom stereocenters. The van der Waals surface area contributed by atoms with Crippen molar-refractivity contribution in [3.05, 3.63) is 68.9 Å². The summed E-state index contributed by atoms with van der Waals surface area (Å²) in [4.78, 5) is 29.7. The number of aromatic amines is 2. The van der Waals surface area contributed by atoms with Crippen LogP contribution in [0, 0.1) is 28.5 Å². The summed E-state index contributed by atoms with van der Waals surface area (Å²) in [5.41, 5.74) is 0.773. The highest BCUT2D eigenvalue weighted by atomic mass is 19.1. The van der Waals surface area contributed by atoms with Gasteiger partial charge in [-0.15, -0.1) is 0 Å². The number of carbonyl (C=O) groups excluding carboxylic acids is 1. The maximum atomic E-state index is 13.6. The third-order valence-corrected chi connectivity index (χ3v) is 4.51. The van der Waals surface area contributed by atoms with E-state index in [1.54, 1.807) is 24.3 Å². The van der Waals surface area contributed by atoms with Crippen molar-refractivity contribution >= 4 is 22.7 Å². The summed E-state index contributed by atoms with van der Waals surface area (Å²) in [6.07, 6.45) is 0. The molecular weight excluding hydrogens is 405 g/mol. The Balaban J connectivity index is 1.99. The van der Waals surface area contributed by atoms with Gasteiger partial charge in [0.1, 0.15) is 23.7 Å². The summed E-state index contributed by atoms with van der Waals surface area (Å²) >= 11 is 0. The second kappa shape index (κ2) is 8.84. The SMILES string of the molecule is COC(=C(C#N)C#N)c1ccc(CNC(=O)c2cc(F)ccc2OC)c2[nH]c(=O)[nH]c12. The van der Waals surface area contributed by atoms with Gasteiger partial charge in [0.2, 0.25) is 0 Å². The Hall–Kier alpha value is -4.57. The molecule has 0 unspecified atom stereocenters. The lowest BCUT2D eigenvalue weighted by Gasteiger charge is -2.12. The van der Waals surface area contributed by atoms with Crippen molar-refractivity contribution < 1.29 is 18.7 Å². The molecule has 0 bridgehead atoms. The van der Waals surface area contributed by atoms with Crippen molar-refractivity contribution in [1.29, 1.82) is 10.5 Å². The van der Waals surface area contributed by atoms with Gasteiger partial charge in [-0.05, 0) is 29.8 Å². The summed E-state index contributed by atoms with van der Waals surface area (Å²) in [5, 5.41) is 21.0. The van der Waals surface area contributed by atoms with Crippen LogP contribution in [-0.4, -0.2) is 30.1 Å². The number of carbonyl (C=O) groups is 1. The molecule has 0 radical (unpaired) electrons. The van der Waals surface area contributed by atoms with Gasteiger partial charge in [0, 0.05) is 12.1 Å². The van der Waals surface area contributed by atoms with Gasteiger partial charge < -0.3 is 24.8 Å². The first-order valence-electron chi connectivity index (χ1n) is 8.88. The van der Waals surface area contributed by atoms with Crippen molar-refractivity contribution in [3.8, 4) is 17.9 Å². The third-order valence-electron chi connectivity index (χ3n) is 4.51. The van der Waals surface area contributed by atoms with Gasteiger partial charge in [-0.3, -0.25) is 4.79 Å². The molecule has 1 heterocycles. The molecule has 9 nitrogen and oxygen atoms in total. The molecule has 0 spiro atoms. The molecule has 0 aliphatic carbocycles. The van der Waals surface area contributed by atoms with E-state index in [0.29, 0.717) is 22.2 Å². The molecule has 3 aromatic rings. The van der Waals surface area contributed by atoms with Crippen molar-refractivity contribution in [1.82, 2.24) is 15.3 Å². The van der Waals surface area contributed by atoms with E-state index in [-0.39, 0.29) is 29.2 Å². The van der Waals surface area contributed by atoms with Crippen LogP contribution in [0.5, 0.6) is 5.75 Å². The zero-order valence-corrected chi connectivity index (χ0v) is 16.5. The third kappa shape index (κ3) is 4.09. The van der Waals surface area contributed by atoms with Crippen LogP contribution in [0.15, 0.2) is 40.7 Å². The van der Waals surface area contributed by atoms with E-state index >= 15 is 0 Å². The molecule has 1 amide bonds. The topological polar surface area (TPSA) is 144 Å². The Morgan fingerprint density at radius 3 is 2.45 bits per heavy atom. The smallest absolute Gasteiger partial charge is 0.323 e. The number of benzene rings is 2. The summed E-state index contributed by atoms with van der Waals surface area (Å²) in [6.45, 7) is -0.00153. The van der Waals surface area contributed by atoms with Crippen LogP contribution in [0.25, 0.3) is 16.8 Å². The number of nitriles is 2. The van der Waals surface area contributed by atoms with Crippen LogP contribution in [-0.2, 0) is 11.3 Å². The molecule has 0 aliphatic rings. The molecule has 10 heteroatoms. The minimum Gasteiger partial charge on any atom is -0.496 e. The predicted octanol–water partition coefficient (Wildman–Crippen LogP) is 2.34. The van der Waals surface area contributed by atoms with E-state index in [1.807, 2.05) is 0 Å². The normalized spacial score (nSPS) is 10.1. The lowest BCUT2D eigenvalue weighted by molar-refractivity contribution is 0.0947. The van der Waals surface area contributed by atoms with Gasteiger partial charge in [0.15, 0.2) is 11.3 Å².